The van der Waals surface area contributed by atoms with Crippen LogP contribution in [0.5, 0.6) is 0 Å². The number of fused-ring (bicyclic) bond motifs is 1. The number of aliphatic hydroxyl groups excluding tert-OH is 1. The van der Waals surface area contributed by atoms with Crippen LogP contribution >= 0.6 is 11.8 Å². The van der Waals surface area contributed by atoms with Crippen LogP contribution in [0.2, 0.25) is 0 Å². The van der Waals surface area contributed by atoms with Crippen LogP contribution in [-0.2, 0) is 14.8 Å². The molecule has 0 aromatic heterocycles. The Morgan fingerprint density at radius 1 is 1.18 bits per heavy atom. The molecule has 0 bridgehead atoms. The summed E-state index contributed by atoms with van der Waals surface area (Å²) in [5.41, 5.74) is 0. The second kappa shape index (κ2) is 12.4. The Hall–Kier alpha value is -1.61. The number of hydrogen-bond donors (Lipinski definition) is 3. The molecule has 0 aliphatic heterocycles. The molecule has 3 rings (SSSR count). The Balaban J connectivity index is 0.00000324. The van der Waals surface area contributed by atoms with Crippen molar-refractivity contribution < 1.29 is 21.2 Å². The van der Waals surface area contributed by atoms with E-state index in [0.717, 1.165) is 28.3 Å². The SMILES string of the molecule is CC[C@H](NC(=O)[C@@H](CSc1cccc2ccccc12)NS(C)(=O)=O)[C@H](O)CC1CCCC[C@H]1C.[HH].[HH]. The molecule has 1 aliphatic carbocycles. The summed E-state index contributed by atoms with van der Waals surface area (Å²) in [6, 6.07) is 12.6. The van der Waals surface area contributed by atoms with Crippen molar-refractivity contribution in [1.82, 2.24) is 10.0 Å². The van der Waals surface area contributed by atoms with Gasteiger partial charge >= 0.3 is 0 Å². The molecule has 1 saturated carbocycles. The quantitative estimate of drug-likeness (QED) is 0.377. The van der Waals surface area contributed by atoms with Crippen LogP contribution in [0.15, 0.2) is 47.4 Å². The molecular formula is C26H42N2O4S2. The van der Waals surface area contributed by atoms with E-state index in [1.54, 1.807) is 0 Å². The van der Waals surface area contributed by atoms with Gasteiger partial charge in [-0.3, -0.25) is 4.79 Å². The summed E-state index contributed by atoms with van der Waals surface area (Å²) in [6.07, 6.45) is 6.39. The lowest BCUT2D eigenvalue weighted by molar-refractivity contribution is -0.124. The minimum Gasteiger partial charge on any atom is -0.391 e. The van der Waals surface area contributed by atoms with Gasteiger partial charge in [0.05, 0.1) is 18.4 Å². The van der Waals surface area contributed by atoms with E-state index in [0.29, 0.717) is 24.7 Å². The maximum atomic E-state index is 13.2. The molecule has 0 spiro atoms. The second-order valence-corrected chi connectivity index (χ2v) is 12.4. The fourth-order valence-electron chi connectivity index (χ4n) is 4.89. The number of thioether (sulfide) groups is 1. The molecule has 1 amide bonds. The van der Waals surface area contributed by atoms with Gasteiger partial charge in [-0.2, -0.15) is 0 Å². The summed E-state index contributed by atoms with van der Waals surface area (Å²) in [4.78, 5) is 14.2. The Morgan fingerprint density at radius 3 is 2.59 bits per heavy atom. The van der Waals surface area contributed by atoms with Gasteiger partial charge in [-0.05, 0) is 41.5 Å². The number of carbonyl (C=O) groups is 1. The molecule has 3 N–H and O–H groups in total. The van der Waals surface area contributed by atoms with Crippen molar-refractivity contribution >= 4 is 38.5 Å². The highest BCUT2D eigenvalue weighted by atomic mass is 32.2. The van der Waals surface area contributed by atoms with Crippen LogP contribution in [0.4, 0.5) is 0 Å². The van der Waals surface area contributed by atoms with Gasteiger partial charge in [-0.1, -0.05) is 75.9 Å². The predicted octanol–water partition coefficient (Wildman–Crippen LogP) is 4.81. The number of amides is 1. The Labute approximate surface area is 211 Å². The van der Waals surface area contributed by atoms with Crippen LogP contribution in [0.1, 0.15) is 55.2 Å². The van der Waals surface area contributed by atoms with E-state index in [1.165, 1.54) is 31.0 Å². The van der Waals surface area contributed by atoms with Crippen molar-refractivity contribution in [3.05, 3.63) is 42.5 Å². The van der Waals surface area contributed by atoms with Crippen molar-refractivity contribution in [2.24, 2.45) is 11.8 Å². The Kier molecular flexibility index (Phi) is 9.83. The third-order valence-electron chi connectivity index (χ3n) is 6.89. The monoisotopic (exact) mass is 510 g/mol. The Bertz CT molecular complexity index is 1070. The standard InChI is InChI=1S/C26H38N2O4S2.2H2/c1-4-22(24(29)16-20-12-6-5-10-18(20)2)27-26(30)23(28-34(3,31)32)17-33-25-15-9-13-19-11-7-8-14-21(19)25;;/h7-9,11,13-15,18,20,22-24,28-29H,4-6,10,12,16-17H2,1-3H3,(H,27,30);2*1H/t18-,20?,22+,23-,24-;;/m1../s1. The minimum atomic E-state index is -3.59. The van der Waals surface area contributed by atoms with Crippen molar-refractivity contribution in [1.29, 1.82) is 0 Å². The van der Waals surface area contributed by atoms with Crippen LogP contribution in [0, 0.1) is 11.8 Å². The van der Waals surface area contributed by atoms with E-state index in [-0.39, 0.29) is 8.61 Å². The van der Waals surface area contributed by atoms with Gasteiger partial charge < -0.3 is 10.4 Å². The van der Waals surface area contributed by atoms with Gasteiger partial charge in [0.15, 0.2) is 0 Å². The normalized spacial score (nSPS) is 21.6. The average Bonchev–Trinajstić information content (AvgIpc) is 2.80. The second-order valence-electron chi connectivity index (χ2n) is 9.58. The lowest BCUT2D eigenvalue weighted by atomic mass is 9.76. The average molecular weight is 511 g/mol. The lowest BCUT2D eigenvalue weighted by Crippen LogP contribution is -2.53. The third-order valence-corrected chi connectivity index (χ3v) is 8.77. The first-order valence-electron chi connectivity index (χ1n) is 12.2. The highest BCUT2D eigenvalue weighted by molar-refractivity contribution is 7.99. The lowest BCUT2D eigenvalue weighted by Gasteiger charge is -2.33. The zero-order valence-corrected chi connectivity index (χ0v) is 22.0. The number of nitrogens with one attached hydrogen (secondary N) is 2. The number of carbonyl (C=O) groups excluding carboxylic acids is 1. The molecule has 1 aliphatic rings. The van der Waals surface area contributed by atoms with Crippen molar-refractivity contribution in [3.8, 4) is 0 Å². The number of hydrogen-bond acceptors (Lipinski definition) is 5. The zero-order valence-electron chi connectivity index (χ0n) is 20.4. The molecule has 6 nitrogen and oxygen atoms in total. The van der Waals surface area contributed by atoms with Crippen LogP contribution in [0.3, 0.4) is 0 Å². The van der Waals surface area contributed by atoms with E-state index >= 15 is 0 Å². The molecule has 1 unspecified atom stereocenters. The first-order chi connectivity index (χ1) is 16.2. The van der Waals surface area contributed by atoms with Gasteiger partial charge in [0.25, 0.3) is 0 Å². The first-order valence-corrected chi connectivity index (χ1v) is 15.1. The van der Waals surface area contributed by atoms with Crippen molar-refractivity contribution in [3.63, 3.8) is 0 Å². The largest absolute Gasteiger partial charge is 0.391 e. The highest BCUT2D eigenvalue weighted by Crippen LogP contribution is 2.33. The molecule has 2 aromatic rings. The maximum Gasteiger partial charge on any atom is 0.239 e. The molecule has 0 heterocycles. The number of sulfonamides is 1. The molecule has 5 atom stereocenters. The molecule has 2 aromatic carbocycles. The van der Waals surface area contributed by atoms with Crippen LogP contribution in [0.25, 0.3) is 10.8 Å². The predicted molar refractivity (Wildman–Crippen MR) is 145 cm³/mol. The van der Waals surface area contributed by atoms with Gasteiger partial charge in [0.1, 0.15) is 6.04 Å². The third kappa shape index (κ3) is 7.70. The van der Waals surface area contributed by atoms with Gasteiger partial charge in [-0.15, -0.1) is 11.8 Å². The van der Waals surface area contributed by atoms with Gasteiger partial charge in [-0.25, -0.2) is 13.1 Å². The maximum absolute atomic E-state index is 13.2. The molecule has 0 saturated heterocycles. The summed E-state index contributed by atoms with van der Waals surface area (Å²) in [7, 11) is -3.59. The number of aliphatic hydroxyl groups is 1. The summed E-state index contributed by atoms with van der Waals surface area (Å²) in [5.74, 6) is 0.884. The van der Waals surface area contributed by atoms with Gasteiger partial charge in [0.2, 0.25) is 15.9 Å². The molecule has 0 radical (unpaired) electrons. The summed E-state index contributed by atoms with van der Waals surface area (Å²) >= 11 is 1.45. The highest BCUT2D eigenvalue weighted by Gasteiger charge is 2.30. The molecule has 1 fully saturated rings. The summed E-state index contributed by atoms with van der Waals surface area (Å²) in [6.45, 7) is 4.18. The van der Waals surface area contributed by atoms with E-state index in [4.69, 9.17) is 0 Å². The van der Waals surface area contributed by atoms with Crippen LogP contribution < -0.4 is 10.0 Å². The minimum absolute atomic E-state index is 0. The molecular weight excluding hydrogens is 468 g/mol. The van der Waals surface area contributed by atoms with E-state index in [1.807, 2.05) is 49.4 Å². The number of rotatable bonds is 11. The van der Waals surface area contributed by atoms with E-state index < -0.39 is 34.1 Å². The van der Waals surface area contributed by atoms with E-state index in [2.05, 4.69) is 17.0 Å². The van der Waals surface area contributed by atoms with Crippen LogP contribution in [-0.4, -0.2) is 49.6 Å². The first kappa shape index (κ1) is 27.0. The zero-order chi connectivity index (χ0) is 24.7. The topological polar surface area (TPSA) is 95.5 Å². The molecule has 34 heavy (non-hydrogen) atoms. The molecule has 8 heteroatoms. The fraction of sp³-hybridized carbons (Fsp3) is 0.577. The summed E-state index contributed by atoms with van der Waals surface area (Å²) in [5, 5.41) is 16.0. The summed E-state index contributed by atoms with van der Waals surface area (Å²) < 4.78 is 26.5. The number of benzene rings is 2. The van der Waals surface area contributed by atoms with E-state index in [9.17, 15) is 18.3 Å². The Morgan fingerprint density at radius 2 is 1.88 bits per heavy atom. The van der Waals surface area contributed by atoms with Crippen molar-refractivity contribution in [2.45, 2.75) is 75.5 Å². The molecule has 192 valence electrons. The smallest absolute Gasteiger partial charge is 0.239 e. The van der Waals surface area contributed by atoms with Crippen molar-refractivity contribution in [2.75, 3.05) is 12.0 Å². The fourth-order valence-corrected chi connectivity index (χ4v) is 6.80. The van der Waals surface area contributed by atoms with Gasteiger partial charge in [0, 0.05) is 13.5 Å².